The molecule has 0 heterocycles. The van der Waals surface area contributed by atoms with Crippen LogP contribution in [0.5, 0.6) is 0 Å². The van der Waals surface area contributed by atoms with E-state index in [0.717, 1.165) is 10.0 Å². The summed E-state index contributed by atoms with van der Waals surface area (Å²) in [6, 6.07) is 12.5. The summed E-state index contributed by atoms with van der Waals surface area (Å²) < 4.78 is 0.997. The Balaban J connectivity index is 2.18. The van der Waals surface area contributed by atoms with Crippen LogP contribution in [-0.4, -0.2) is 5.78 Å². The SMILES string of the molecule is O=C(/C=C/c1ccc(Br)cc1)c1ccc(Cl)cc1Cl. The van der Waals surface area contributed by atoms with Crippen LogP contribution in [0.1, 0.15) is 15.9 Å². The third-order valence-corrected chi connectivity index (χ3v) is 3.57. The highest BCUT2D eigenvalue weighted by molar-refractivity contribution is 9.10. The molecule has 0 saturated heterocycles. The van der Waals surface area contributed by atoms with Gasteiger partial charge >= 0.3 is 0 Å². The molecular formula is C15H9BrCl2O. The lowest BCUT2D eigenvalue weighted by Crippen LogP contribution is -1.95. The van der Waals surface area contributed by atoms with Crippen molar-refractivity contribution in [2.45, 2.75) is 0 Å². The van der Waals surface area contributed by atoms with E-state index in [-0.39, 0.29) is 5.78 Å². The van der Waals surface area contributed by atoms with E-state index in [1.807, 2.05) is 24.3 Å². The van der Waals surface area contributed by atoms with Crippen molar-refractivity contribution in [3.8, 4) is 0 Å². The Bertz CT molecular complexity index is 633. The van der Waals surface area contributed by atoms with Gasteiger partial charge in [-0.15, -0.1) is 0 Å². The molecule has 0 amide bonds. The predicted octanol–water partition coefficient (Wildman–Crippen LogP) is 5.65. The molecule has 0 N–H and O–H groups in total. The minimum Gasteiger partial charge on any atom is -0.289 e. The number of benzene rings is 2. The molecule has 19 heavy (non-hydrogen) atoms. The first kappa shape index (κ1) is 14.3. The Hall–Kier alpha value is -1.09. The van der Waals surface area contributed by atoms with Crippen molar-refractivity contribution >= 4 is 51.0 Å². The Morgan fingerprint density at radius 3 is 2.37 bits per heavy atom. The maximum absolute atomic E-state index is 12.0. The lowest BCUT2D eigenvalue weighted by atomic mass is 10.1. The van der Waals surface area contributed by atoms with Crippen molar-refractivity contribution in [1.82, 2.24) is 0 Å². The van der Waals surface area contributed by atoms with E-state index in [1.165, 1.54) is 6.08 Å². The van der Waals surface area contributed by atoms with Crippen LogP contribution >= 0.6 is 39.1 Å². The summed E-state index contributed by atoms with van der Waals surface area (Å²) in [7, 11) is 0. The molecule has 1 nitrogen and oxygen atoms in total. The van der Waals surface area contributed by atoms with Gasteiger partial charge in [0, 0.05) is 15.1 Å². The second-order valence-corrected chi connectivity index (χ2v) is 5.63. The highest BCUT2D eigenvalue weighted by Crippen LogP contribution is 2.22. The second-order valence-electron chi connectivity index (χ2n) is 3.87. The van der Waals surface area contributed by atoms with Gasteiger partial charge in [-0.3, -0.25) is 4.79 Å². The quantitative estimate of drug-likeness (QED) is 0.513. The van der Waals surface area contributed by atoms with Gasteiger partial charge in [0.2, 0.25) is 0 Å². The maximum Gasteiger partial charge on any atom is 0.187 e. The largest absolute Gasteiger partial charge is 0.289 e. The number of hydrogen-bond donors (Lipinski definition) is 0. The van der Waals surface area contributed by atoms with Crippen LogP contribution in [-0.2, 0) is 0 Å². The highest BCUT2D eigenvalue weighted by Gasteiger charge is 2.07. The molecule has 0 saturated carbocycles. The molecule has 0 bridgehead atoms. The average Bonchev–Trinajstić information content (AvgIpc) is 2.37. The molecule has 2 aromatic carbocycles. The van der Waals surface area contributed by atoms with Crippen molar-refractivity contribution in [3.63, 3.8) is 0 Å². The van der Waals surface area contributed by atoms with Gasteiger partial charge in [-0.2, -0.15) is 0 Å². The topological polar surface area (TPSA) is 17.1 Å². The summed E-state index contributed by atoms with van der Waals surface area (Å²) in [5, 5.41) is 0.872. The Morgan fingerprint density at radius 1 is 1.05 bits per heavy atom. The Labute approximate surface area is 130 Å². The zero-order valence-corrected chi connectivity index (χ0v) is 12.8. The molecule has 0 spiro atoms. The minimum atomic E-state index is -0.149. The predicted molar refractivity (Wildman–Crippen MR) is 84.0 cm³/mol. The molecule has 0 fully saturated rings. The number of carbonyl (C=O) groups excluding carboxylic acids is 1. The van der Waals surface area contributed by atoms with Crippen LogP contribution in [0.25, 0.3) is 6.08 Å². The van der Waals surface area contributed by atoms with Crippen LogP contribution in [0.2, 0.25) is 10.0 Å². The zero-order chi connectivity index (χ0) is 13.8. The summed E-state index contributed by atoms with van der Waals surface area (Å²) in [5.74, 6) is -0.149. The molecule has 0 unspecified atom stereocenters. The zero-order valence-electron chi connectivity index (χ0n) is 9.74. The van der Waals surface area contributed by atoms with E-state index in [9.17, 15) is 4.79 Å². The van der Waals surface area contributed by atoms with E-state index >= 15 is 0 Å². The van der Waals surface area contributed by atoms with Crippen LogP contribution < -0.4 is 0 Å². The summed E-state index contributed by atoms with van der Waals surface area (Å²) in [5.41, 5.74) is 1.39. The molecule has 0 aromatic heterocycles. The highest BCUT2D eigenvalue weighted by atomic mass is 79.9. The van der Waals surface area contributed by atoms with Crippen LogP contribution in [0.15, 0.2) is 53.0 Å². The van der Waals surface area contributed by atoms with Gasteiger partial charge < -0.3 is 0 Å². The summed E-state index contributed by atoms with van der Waals surface area (Å²) in [6.07, 6.45) is 3.25. The van der Waals surface area contributed by atoms with E-state index in [4.69, 9.17) is 23.2 Å². The van der Waals surface area contributed by atoms with Gasteiger partial charge in [-0.25, -0.2) is 0 Å². The molecular weight excluding hydrogens is 347 g/mol. The first-order chi connectivity index (χ1) is 9.06. The van der Waals surface area contributed by atoms with Gasteiger partial charge in [-0.05, 0) is 42.0 Å². The van der Waals surface area contributed by atoms with Gasteiger partial charge in [0.25, 0.3) is 0 Å². The van der Waals surface area contributed by atoms with Crippen LogP contribution in [0.4, 0.5) is 0 Å². The maximum atomic E-state index is 12.0. The smallest absolute Gasteiger partial charge is 0.187 e. The fraction of sp³-hybridized carbons (Fsp3) is 0. The first-order valence-corrected chi connectivity index (χ1v) is 7.04. The molecule has 2 rings (SSSR count). The molecule has 96 valence electrons. The minimum absolute atomic E-state index is 0.149. The van der Waals surface area contributed by atoms with Crippen LogP contribution in [0.3, 0.4) is 0 Å². The molecule has 0 aliphatic carbocycles. The Morgan fingerprint density at radius 2 is 1.74 bits per heavy atom. The van der Waals surface area contributed by atoms with Gasteiger partial charge in [0.05, 0.1) is 5.02 Å². The number of allylic oxidation sites excluding steroid dienone is 1. The lowest BCUT2D eigenvalue weighted by molar-refractivity contribution is 0.104. The molecule has 0 aliphatic heterocycles. The third-order valence-electron chi connectivity index (χ3n) is 2.49. The molecule has 0 aliphatic rings. The molecule has 0 radical (unpaired) electrons. The van der Waals surface area contributed by atoms with Gasteiger partial charge in [0.15, 0.2) is 5.78 Å². The van der Waals surface area contributed by atoms with Gasteiger partial charge in [-0.1, -0.05) is 57.3 Å². The summed E-state index contributed by atoms with van der Waals surface area (Å²) in [6.45, 7) is 0. The molecule has 2 aromatic rings. The van der Waals surface area contributed by atoms with Crippen molar-refractivity contribution in [1.29, 1.82) is 0 Å². The number of carbonyl (C=O) groups is 1. The Kier molecular flexibility index (Phi) is 4.81. The fourth-order valence-corrected chi connectivity index (χ4v) is 2.29. The monoisotopic (exact) mass is 354 g/mol. The average molecular weight is 356 g/mol. The number of hydrogen-bond acceptors (Lipinski definition) is 1. The number of rotatable bonds is 3. The number of ketones is 1. The van der Waals surface area contributed by atoms with E-state index in [0.29, 0.717) is 15.6 Å². The normalized spacial score (nSPS) is 10.9. The first-order valence-electron chi connectivity index (χ1n) is 5.49. The third kappa shape index (κ3) is 3.93. The summed E-state index contributed by atoms with van der Waals surface area (Å²) >= 11 is 15.1. The number of halogens is 3. The van der Waals surface area contributed by atoms with E-state index in [2.05, 4.69) is 15.9 Å². The van der Waals surface area contributed by atoms with Crippen molar-refractivity contribution in [2.75, 3.05) is 0 Å². The molecule has 4 heteroatoms. The lowest BCUT2D eigenvalue weighted by Gasteiger charge is -2.00. The second kappa shape index (κ2) is 6.38. The van der Waals surface area contributed by atoms with Crippen molar-refractivity contribution in [2.24, 2.45) is 0 Å². The summed E-state index contributed by atoms with van der Waals surface area (Å²) in [4.78, 5) is 12.0. The van der Waals surface area contributed by atoms with Crippen LogP contribution in [0, 0.1) is 0 Å². The van der Waals surface area contributed by atoms with E-state index < -0.39 is 0 Å². The van der Waals surface area contributed by atoms with Gasteiger partial charge in [0.1, 0.15) is 0 Å². The van der Waals surface area contributed by atoms with Crippen molar-refractivity contribution < 1.29 is 4.79 Å². The fourth-order valence-electron chi connectivity index (χ4n) is 1.52. The molecule has 0 atom stereocenters. The standard InChI is InChI=1S/C15H9BrCl2O/c16-11-4-1-10(2-5-11)3-8-15(19)13-7-6-12(17)9-14(13)18/h1-9H/b8-3+. The van der Waals surface area contributed by atoms with E-state index in [1.54, 1.807) is 24.3 Å². The van der Waals surface area contributed by atoms with Crippen molar-refractivity contribution in [3.05, 3.63) is 74.2 Å².